The molecule has 3 nitrogen and oxygen atoms in total. The third-order valence-corrected chi connectivity index (χ3v) is 3.67. The number of carbonyl (C=O) groups is 1. The molecule has 0 unspecified atom stereocenters. The summed E-state index contributed by atoms with van der Waals surface area (Å²) in [5, 5.41) is 0.663. The first-order valence-electron chi connectivity index (χ1n) is 6.37. The van der Waals surface area contributed by atoms with Crippen molar-refractivity contribution in [3.63, 3.8) is 0 Å². The van der Waals surface area contributed by atoms with E-state index in [-0.39, 0.29) is 5.91 Å². The Hall–Kier alpha value is -1.06. The highest BCUT2D eigenvalue weighted by molar-refractivity contribution is 6.30. The summed E-state index contributed by atoms with van der Waals surface area (Å²) in [7, 11) is 0. The van der Waals surface area contributed by atoms with Crippen LogP contribution < -0.4 is 0 Å². The number of nitrogens with zero attached hydrogens (tertiary/aromatic N) is 2. The Labute approximate surface area is 113 Å². The third kappa shape index (κ3) is 3.03. The minimum absolute atomic E-state index is 0.107. The number of hydrogen-bond donors (Lipinski definition) is 0. The van der Waals surface area contributed by atoms with Gasteiger partial charge < -0.3 is 4.90 Å². The number of hydrogen-bond acceptors (Lipinski definition) is 2. The molecule has 0 aromatic heterocycles. The molecule has 1 amide bonds. The normalized spacial score (nSPS) is 17.2. The van der Waals surface area contributed by atoms with Crippen molar-refractivity contribution in [1.82, 2.24) is 9.80 Å². The molecule has 0 spiro atoms. The first kappa shape index (κ1) is 13.4. The number of carbonyl (C=O) groups excluding carboxylic acids is 1. The fourth-order valence-corrected chi connectivity index (χ4v) is 2.34. The van der Waals surface area contributed by atoms with E-state index in [1.807, 2.05) is 4.90 Å². The summed E-state index contributed by atoms with van der Waals surface area (Å²) in [6.45, 7) is 7.90. The number of rotatable bonds is 2. The summed E-state index contributed by atoms with van der Waals surface area (Å²) in [5.41, 5.74) is 0.720. The lowest BCUT2D eigenvalue weighted by molar-refractivity contribution is 0.0595. The molecule has 98 valence electrons. The Morgan fingerprint density at radius 1 is 1.11 bits per heavy atom. The third-order valence-electron chi connectivity index (χ3n) is 3.42. The molecule has 2 rings (SSSR count). The topological polar surface area (TPSA) is 23.6 Å². The van der Waals surface area contributed by atoms with Gasteiger partial charge >= 0.3 is 0 Å². The average molecular weight is 267 g/mol. The second-order valence-corrected chi connectivity index (χ2v) is 5.37. The molecule has 18 heavy (non-hydrogen) atoms. The maximum atomic E-state index is 12.3. The van der Waals surface area contributed by atoms with Gasteiger partial charge in [-0.25, -0.2) is 0 Å². The van der Waals surface area contributed by atoms with Crippen molar-refractivity contribution in [2.45, 2.75) is 19.9 Å². The molecule has 1 aromatic carbocycles. The van der Waals surface area contributed by atoms with Gasteiger partial charge in [-0.05, 0) is 38.1 Å². The highest BCUT2D eigenvalue weighted by Gasteiger charge is 2.22. The van der Waals surface area contributed by atoms with Gasteiger partial charge in [0, 0.05) is 42.8 Å². The van der Waals surface area contributed by atoms with Crippen LogP contribution in [-0.4, -0.2) is 47.9 Å². The summed E-state index contributed by atoms with van der Waals surface area (Å²) in [6, 6.07) is 7.66. The molecule has 0 radical (unpaired) electrons. The van der Waals surface area contributed by atoms with Gasteiger partial charge in [0.2, 0.25) is 0 Å². The van der Waals surface area contributed by atoms with Crippen molar-refractivity contribution in [3.8, 4) is 0 Å². The minimum Gasteiger partial charge on any atom is -0.336 e. The zero-order valence-corrected chi connectivity index (χ0v) is 11.7. The molecule has 0 bridgehead atoms. The van der Waals surface area contributed by atoms with Gasteiger partial charge in [-0.15, -0.1) is 0 Å². The standard InChI is InChI=1S/C14H19ClN2O/c1-11(2)16-7-9-17(10-8-16)14(18)12-3-5-13(15)6-4-12/h3-6,11H,7-10H2,1-2H3. The second-order valence-electron chi connectivity index (χ2n) is 4.93. The van der Waals surface area contributed by atoms with Crippen molar-refractivity contribution in [3.05, 3.63) is 34.9 Å². The second kappa shape index (κ2) is 5.72. The monoisotopic (exact) mass is 266 g/mol. The number of amides is 1. The fraction of sp³-hybridized carbons (Fsp3) is 0.500. The minimum atomic E-state index is 0.107. The zero-order chi connectivity index (χ0) is 13.1. The Morgan fingerprint density at radius 2 is 1.67 bits per heavy atom. The summed E-state index contributed by atoms with van der Waals surface area (Å²) in [6.07, 6.45) is 0. The van der Waals surface area contributed by atoms with Gasteiger partial charge in [0.25, 0.3) is 5.91 Å². The Morgan fingerprint density at radius 3 is 2.17 bits per heavy atom. The van der Waals surface area contributed by atoms with Gasteiger partial charge in [-0.3, -0.25) is 9.69 Å². The molecule has 1 fully saturated rings. The van der Waals surface area contributed by atoms with Crippen LogP contribution in [0.4, 0.5) is 0 Å². The highest BCUT2D eigenvalue weighted by Crippen LogP contribution is 2.13. The molecule has 4 heteroatoms. The molecule has 1 saturated heterocycles. The molecule has 0 atom stereocenters. The molecule has 0 N–H and O–H groups in total. The van der Waals surface area contributed by atoms with E-state index in [0.717, 1.165) is 31.7 Å². The molecule has 1 heterocycles. The van der Waals surface area contributed by atoms with Crippen molar-refractivity contribution < 1.29 is 4.79 Å². The lowest BCUT2D eigenvalue weighted by Gasteiger charge is -2.36. The van der Waals surface area contributed by atoms with Crippen LogP contribution in [-0.2, 0) is 0 Å². The van der Waals surface area contributed by atoms with Crippen molar-refractivity contribution in [1.29, 1.82) is 0 Å². The smallest absolute Gasteiger partial charge is 0.253 e. The van der Waals surface area contributed by atoms with Crippen LogP contribution in [0.5, 0.6) is 0 Å². The van der Waals surface area contributed by atoms with Crippen molar-refractivity contribution in [2.75, 3.05) is 26.2 Å². The SMILES string of the molecule is CC(C)N1CCN(C(=O)c2ccc(Cl)cc2)CC1. The van der Waals surface area contributed by atoms with E-state index < -0.39 is 0 Å². The van der Waals surface area contributed by atoms with Crippen LogP contribution in [0.2, 0.25) is 5.02 Å². The molecular formula is C14H19ClN2O. The van der Waals surface area contributed by atoms with E-state index in [1.54, 1.807) is 24.3 Å². The molecule has 0 saturated carbocycles. The van der Waals surface area contributed by atoms with E-state index in [2.05, 4.69) is 18.7 Å². The van der Waals surface area contributed by atoms with E-state index in [1.165, 1.54) is 0 Å². The van der Waals surface area contributed by atoms with Gasteiger partial charge in [0.1, 0.15) is 0 Å². The lowest BCUT2D eigenvalue weighted by Crippen LogP contribution is -2.50. The average Bonchev–Trinajstić information content (AvgIpc) is 2.39. The Kier molecular flexibility index (Phi) is 4.25. The quantitative estimate of drug-likeness (QED) is 0.821. The van der Waals surface area contributed by atoms with Crippen LogP contribution >= 0.6 is 11.6 Å². The van der Waals surface area contributed by atoms with Gasteiger partial charge in [-0.2, -0.15) is 0 Å². The van der Waals surface area contributed by atoms with Crippen LogP contribution in [0, 0.1) is 0 Å². The summed E-state index contributed by atoms with van der Waals surface area (Å²) >= 11 is 5.82. The zero-order valence-electron chi connectivity index (χ0n) is 10.9. The van der Waals surface area contributed by atoms with E-state index >= 15 is 0 Å². The van der Waals surface area contributed by atoms with E-state index in [0.29, 0.717) is 11.1 Å². The van der Waals surface area contributed by atoms with Gasteiger partial charge in [0.05, 0.1) is 0 Å². The maximum Gasteiger partial charge on any atom is 0.253 e. The summed E-state index contributed by atoms with van der Waals surface area (Å²) in [5.74, 6) is 0.107. The van der Waals surface area contributed by atoms with Crippen LogP contribution in [0.15, 0.2) is 24.3 Å². The number of halogens is 1. The Bertz CT molecular complexity index is 408. The first-order chi connectivity index (χ1) is 8.58. The van der Waals surface area contributed by atoms with E-state index in [9.17, 15) is 4.79 Å². The largest absolute Gasteiger partial charge is 0.336 e. The van der Waals surface area contributed by atoms with Gasteiger partial charge in [-0.1, -0.05) is 11.6 Å². The number of benzene rings is 1. The number of piperazine rings is 1. The molecule has 0 aliphatic carbocycles. The van der Waals surface area contributed by atoms with Crippen LogP contribution in [0.1, 0.15) is 24.2 Å². The maximum absolute atomic E-state index is 12.3. The lowest BCUT2D eigenvalue weighted by atomic mass is 10.1. The van der Waals surface area contributed by atoms with E-state index in [4.69, 9.17) is 11.6 Å². The predicted octanol–water partition coefficient (Wildman–Crippen LogP) is 2.51. The molecule has 1 aliphatic rings. The summed E-state index contributed by atoms with van der Waals surface area (Å²) < 4.78 is 0. The van der Waals surface area contributed by atoms with Crippen molar-refractivity contribution in [2.24, 2.45) is 0 Å². The van der Waals surface area contributed by atoms with Gasteiger partial charge in [0.15, 0.2) is 0 Å². The molecule has 1 aliphatic heterocycles. The van der Waals surface area contributed by atoms with Crippen LogP contribution in [0.25, 0.3) is 0 Å². The molecule has 1 aromatic rings. The van der Waals surface area contributed by atoms with Crippen molar-refractivity contribution >= 4 is 17.5 Å². The molecular weight excluding hydrogens is 248 g/mol. The first-order valence-corrected chi connectivity index (χ1v) is 6.74. The van der Waals surface area contributed by atoms with Crippen LogP contribution in [0.3, 0.4) is 0 Å². The fourth-order valence-electron chi connectivity index (χ4n) is 2.22. The Balaban J connectivity index is 1.97. The predicted molar refractivity (Wildman–Crippen MR) is 74.1 cm³/mol. The summed E-state index contributed by atoms with van der Waals surface area (Å²) in [4.78, 5) is 16.6. The highest BCUT2D eigenvalue weighted by atomic mass is 35.5.